The number of hydrogen-bond donors (Lipinski definition) is 1. The summed E-state index contributed by atoms with van der Waals surface area (Å²) in [4.78, 5) is 9.53. The van der Waals surface area contributed by atoms with Gasteiger partial charge in [-0.2, -0.15) is 0 Å². The summed E-state index contributed by atoms with van der Waals surface area (Å²) in [6, 6.07) is 10.6. The van der Waals surface area contributed by atoms with Gasteiger partial charge in [0.25, 0.3) is 0 Å². The molecule has 3 saturated heterocycles. The van der Waals surface area contributed by atoms with Crippen LogP contribution in [-0.2, 0) is 16.0 Å². The Hall–Kier alpha value is -2.00. The summed E-state index contributed by atoms with van der Waals surface area (Å²) < 4.78 is 13.8. The molecule has 0 aliphatic carbocycles. The first-order valence-electron chi connectivity index (χ1n) is 11.8. The minimum atomic E-state index is 0.0326. The summed E-state index contributed by atoms with van der Waals surface area (Å²) in [5.74, 6) is 0. The van der Waals surface area contributed by atoms with E-state index in [0.29, 0.717) is 6.10 Å². The zero-order valence-electron chi connectivity index (χ0n) is 18.6. The van der Waals surface area contributed by atoms with Gasteiger partial charge in [-0.15, -0.1) is 0 Å². The Morgan fingerprint density at radius 1 is 1.09 bits per heavy atom. The van der Waals surface area contributed by atoms with E-state index in [0.717, 1.165) is 82.6 Å². The normalized spacial score (nSPS) is 26.6. The van der Waals surface area contributed by atoms with Gasteiger partial charge in [0.2, 0.25) is 0 Å². The van der Waals surface area contributed by atoms with Crippen molar-refractivity contribution in [2.75, 3.05) is 46.0 Å². The molecule has 3 aliphatic rings. The molecule has 3 atom stereocenters. The molecule has 7 nitrogen and oxygen atoms in total. The summed E-state index contributed by atoms with van der Waals surface area (Å²) in [6.07, 6.45) is 7.70. The summed E-state index contributed by atoms with van der Waals surface area (Å²) in [5, 5.41) is 4.40. The van der Waals surface area contributed by atoms with Gasteiger partial charge in [-0.3, -0.25) is 9.88 Å². The Morgan fingerprint density at radius 3 is 2.78 bits per heavy atom. The monoisotopic (exact) mass is 455 g/mol. The SMILES string of the molecule is S=C1NC(c2ccccn2)C(c2cccn2CC2CCCO2)N1CCCN1CCOCC1. The van der Waals surface area contributed by atoms with Crippen LogP contribution < -0.4 is 5.32 Å². The zero-order chi connectivity index (χ0) is 21.8. The van der Waals surface area contributed by atoms with Crippen molar-refractivity contribution < 1.29 is 9.47 Å². The van der Waals surface area contributed by atoms with Crippen LogP contribution in [0.2, 0.25) is 0 Å². The van der Waals surface area contributed by atoms with Crippen LogP contribution in [-0.4, -0.2) is 76.6 Å². The van der Waals surface area contributed by atoms with E-state index in [4.69, 9.17) is 21.7 Å². The molecule has 32 heavy (non-hydrogen) atoms. The van der Waals surface area contributed by atoms with Crippen molar-refractivity contribution in [2.45, 2.75) is 44.0 Å². The van der Waals surface area contributed by atoms with Gasteiger partial charge in [0, 0.05) is 57.4 Å². The predicted molar refractivity (Wildman–Crippen MR) is 127 cm³/mol. The Morgan fingerprint density at radius 2 is 2.00 bits per heavy atom. The fourth-order valence-electron chi connectivity index (χ4n) is 5.13. The van der Waals surface area contributed by atoms with Gasteiger partial charge in [0.1, 0.15) is 0 Å². The molecule has 3 aliphatic heterocycles. The third kappa shape index (κ3) is 4.83. The molecule has 2 aromatic rings. The number of ether oxygens (including phenoxy) is 2. The first-order valence-corrected chi connectivity index (χ1v) is 12.3. The largest absolute Gasteiger partial charge is 0.379 e. The van der Waals surface area contributed by atoms with Gasteiger partial charge >= 0.3 is 0 Å². The highest BCUT2D eigenvalue weighted by atomic mass is 32.1. The fourth-order valence-corrected chi connectivity index (χ4v) is 5.46. The third-order valence-electron chi connectivity index (χ3n) is 6.77. The molecule has 2 aromatic heterocycles. The minimum absolute atomic E-state index is 0.0326. The molecule has 0 amide bonds. The molecule has 0 aromatic carbocycles. The fraction of sp³-hybridized carbons (Fsp3) is 0.583. The van der Waals surface area contributed by atoms with Crippen LogP contribution >= 0.6 is 12.2 Å². The van der Waals surface area contributed by atoms with Crippen LogP contribution in [0.4, 0.5) is 0 Å². The molecule has 0 spiro atoms. The molecule has 3 unspecified atom stereocenters. The Labute approximate surface area is 195 Å². The van der Waals surface area contributed by atoms with Crippen LogP contribution in [0.25, 0.3) is 0 Å². The number of aromatic nitrogens is 2. The molecular weight excluding hydrogens is 422 g/mol. The molecular formula is C24H33N5O2S. The number of morpholine rings is 1. The predicted octanol–water partition coefficient (Wildman–Crippen LogP) is 2.76. The second-order valence-electron chi connectivity index (χ2n) is 8.85. The van der Waals surface area contributed by atoms with Gasteiger partial charge in [-0.1, -0.05) is 6.07 Å². The van der Waals surface area contributed by atoms with E-state index in [1.165, 1.54) is 5.69 Å². The van der Waals surface area contributed by atoms with E-state index in [2.05, 4.69) is 55.1 Å². The molecule has 1 N–H and O–H groups in total. The first kappa shape index (κ1) is 21.8. The smallest absolute Gasteiger partial charge is 0.170 e. The van der Waals surface area contributed by atoms with Crippen molar-refractivity contribution in [1.29, 1.82) is 0 Å². The lowest BCUT2D eigenvalue weighted by Crippen LogP contribution is -2.39. The quantitative estimate of drug-likeness (QED) is 0.615. The number of rotatable bonds is 8. The Balaban J connectivity index is 1.36. The summed E-state index contributed by atoms with van der Waals surface area (Å²) >= 11 is 5.84. The standard InChI is InChI=1S/C24H33N5O2S/c32-24-26-22(20-7-1-2-9-25-20)23(29(24)12-5-10-27-13-16-30-17-14-27)21-8-3-11-28(21)18-19-6-4-15-31-19/h1-3,7-9,11,19,22-23H,4-6,10,12-18H2,(H,26,32). The second kappa shape index (κ2) is 10.3. The third-order valence-corrected chi connectivity index (χ3v) is 7.12. The molecule has 8 heteroatoms. The average molecular weight is 456 g/mol. The number of hydrogen-bond acceptors (Lipinski definition) is 5. The summed E-state index contributed by atoms with van der Waals surface area (Å²) in [6.45, 7) is 7.47. The van der Waals surface area contributed by atoms with Crippen LogP contribution in [0.5, 0.6) is 0 Å². The van der Waals surface area contributed by atoms with Gasteiger partial charge in [0.15, 0.2) is 5.11 Å². The molecule has 0 bridgehead atoms. The van der Waals surface area contributed by atoms with E-state index in [1.807, 2.05) is 12.3 Å². The van der Waals surface area contributed by atoms with Crippen molar-refractivity contribution in [1.82, 2.24) is 24.7 Å². The number of pyridine rings is 1. The summed E-state index contributed by atoms with van der Waals surface area (Å²) in [5.41, 5.74) is 2.30. The maximum atomic E-state index is 5.93. The lowest BCUT2D eigenvalue weighted by molar-refractivity contribution is 0.0365. The molecule has 0 saturated carbocycles. The maximum Gasteiger partial charge on any atom is 0.170 e. The van der Waals surface area contributed by atoms with Crippen LogP contribution in [0.3, 0.4) is 0 Å². The zero-order valence-corrected chi connectivity index (χ0v) is 19.4. The Bertz CT molecular complexity index is 880. The van der Waals surface area contributed by atoms with E-state index in [-0.39, 0.29) is 12.1 Å². The van der Waals surface area contributed by atoms with Crippen molar-refractivity contribution in [3.8, 4) is 0 Å². The van der Waals surface area contributed by atoms with Crippen molar-refractivity contribution in [3.05, 3.63) is 54.1 Å². The van der Waals surface area contributed by atoms with Gasteiger partial charge in [-0.05, 0) is 55.7 Å². The molecule has 3 fully saturated rings. The van der Waals surface area contributed by atoms with E-state index in [1.54, 1.807) is 0 Å². The number of nitrogens with one attached hydrogen (secondary N) is 1. The lowest BCUT2D eigenvalue weighted by atomic mass is 10.0. The molecule has 0 radical (unpaired) electrons. The van der Waals surface area contributed by atoms with Gasteiger partial charge < -0.3 is 24.3 Å². The molecule has 5 heterocycles. The highest BCUT2D eigenvalue weighted by molar-refractivity contribution is 7.80. The van der Waals surface area contributed by atoms with Crippen LogP contribution in [0.1, 0.15) is 42.7 Å². The maximum absolute atomic E-state index is 5.93. The minimum Gasteiger partial charge on any atom is -0.379 e. The molecule has 172 valence electrons. The first-order chi connectivity index (χ1) is 15.8. The topological polar surface area (TPSA) is 54.8 Å². The Kier molecular flexibility index (Phi) is 7.02. The van der Waals surface area contributed by atoms with Gasteiger partial charge in [-0.25, -0.2) is 0 Å². The van der Waals surface area contributed by atoms with Crippen molar-refractivity contribution in [3.63, 3.8) is 0 Å². The molecule has 5 rings (SSSR count). The van der Waals surface area contributed by atoms with E-state index < -0.39 is 0 Å². The lowest BCUT2D eigenvalue weighted by Gasteiger charge is -2.31. The summed E-state index contributed by atoms with van der Waals surface area (Å²) in [7, 11) is 0. The van der Waals surface area contributed by atoms with Gasteiger partial charge in [0.05, 0.1) is 37.1 Å². The number of thiocarbonyl (C=S) groups is 1. The van der Waals surface area contributed by atoms with Crippen molar-refractivity contribution in [2.24, 2.45) is 0 Å². The second-order valence-corrected chi connectivity index (χ2v) is 9.23. The highest BCUT2D eigenvalue weighted by Crippen LogP contribution is 2.39. The highest BCUT2D eigenvalue weighted by Gasteiger charge is 2.41. The van der Waals surface area contributed by atoms with Crippen molar-refractivity contribution >= 4 is 17.3 Å². The van der Waals surface area contributed by atoms with E-state index >= 15 is 0 Å². The van der Waals surface area contributed by atoms with Crippen LogP contribution in [0.15, 0.2) is 42.7 Å². The van der Waals surface area contributed by atoms with E-state index in [9.17, 15) is 0 Å². The average Bonchev–Trinajstić information content (AvgIpc) is 3.57. The van der Waals surface area contributed by atoms with Crippen LogP contribution in [0, 0.1) is 0 Å². The number of nitrogens with zero attached hydrogens (tertiary/aromatic N) is 4.